The van der Waals surface area contributed by atoms with Crippen LogP contribution in [0.15, 0.2) is 0 Å². The second kappa shape index (κ2) is 17.9. The first kappa shape index (κ1) is 26.9. The average molecular weight is 407 g/mol. The maximum Gasteiger partial charge on any atom is 0.267 e. The highest BCUT2D eigenvalue weighted by Gasteiger charge is 2.19. The molecule has 4 nitrogen and oxygen atoms in total. The van der Waals surface area contributed by atoms with Gasteiger partial charge in [-0.15, -0.1) is 0 Å². The summed E-state index contributed by atoms with van der Waals surface area (Å²) in [4.78, 5) is 0. The van der Waals surface area contributed by atoms with Gasteiger partial charge < -0.3 is 5.11 Å². The van der Waals surface area contributed by atoms with Crippen molar-refractivity contribution >= 4 is 10.1 Å². The Balaban J connectivity index is 3.37. The molecule has 2 atom stereocenters. The minimum Gasteiger partial charge on any atom is -0.393 e. The molecule has 0 aromatic carbocycles. The van der Waals surface area contributed by atoms with Crippen molar-refractivity contribution in [1.82, 2.24) is 0 Å². The lowest BCUT2D eigenvalue weighted by Gasteiger charge is -2.11. The van der Waals surface area contributed by atoms with E-state index in [1.54, 1.807) is 6.92 Å². The molecule has 164 valence electrons. The summed E-state index contributed by atoms with van der Waals surface area (Å²) >= 11 is 0. The van der Waals surface area contributed by atoms with Crippen LogP contribution in [0, 0.1) is 0 Å². The van der Waals surface area contributed by atoms with Crippen LogP contribution in [0.1, 0.15) is 129 Å². The lowest BCUT2D eigenvalue weighted by molar-refractivity contribution is 0.147. The molecular formula is C22H46O4S. The summed E-state index contributed by atoms with van der Waals surface area (Å²) in [5, 5.41) is 9.45. The van der Waals surface area contributed by atoms with Crippen molar-refractivity contribution in [2.24, 2.45) is 0 Å². The zero-order chi connectivity index (χ0) is 20.4. The molecule has 0 heterocycles. The van der Waals surface area contributed by atoms with Gasteiger partial charge in [0.25, 0.3) is 10.1 Å². The molecule has 0 fully saturated rings. The van der Waals surface area contributed by atoms with Gasteiger partial charge in [-0.3, -0.25) is 4.55 Å². The van der Waals surface area contributed by atoms with Crippen LogP contribution < -0.4 is 0 Å². The van der Waals surface area contributed by atoms with Crippen LogP contribution in [0.5, 0.6) is 0 Å². The Bertz CT molecular complexity index is 409. The summed E-state index contributed by atoms with van der Waals surface area (Å²) in [7, 11) is -3.87. The quantitative estimate of drug-likeness (QED) is 0.175. The van der Waals surface area contributed by atoms with Crippen molar-refractivity contribution in [1.29, 1.82) is 0 Å². The van der Waals surface area contributed by atoms with Crippen LogP contribution in [0.25, 0.3) is 0 Å². The number of hydrogen-bond donors (Lipinski definition) is 2. The number of aliphatic hydroxyl groups excluding tert-OH is 1. The molecule has 0 bridgehead atoms. The van der Waals surface area contributed by atoms with E-state index in [2.05, 4.69) is 6.92 Å². The summed E-state index contributed by atoms with van der Waals surface area (Å²) in [5.74, 6) is 0. The molecule has 0 radical (unpaired) electrons. The average Bonchev–Trinajstić information content (AvgIpc) is 2.61. The largest absolute Gasteiger partial charge is 0.393 e. The molecular weight excluding hydrogens is 360 g/mol. The van der Waals surface area contributed by atoms with Crippen LogP contribution in [0.2, 0.25) is 0 Å². The van der Waals surface area contributed by atoms with Gasteiger partial charge in [-0.2, -0.15) is 8.42 Å². The summed E-state index contributed by atoms with van der Waals surface area (Å²) in [6.45, 7) is 4.05. The Morgan fingerprint density at radius 1 is 0.630 bits per heavy atom. The highest BCUT2D eigenvalue weighted by molar-refractivity contribution is 7.86. The number of aliphatic hydroxyl groups is 1. The zero-order valence-corrected chi connectivity index (χ0v) is 18.8. The van der Waals surface area contributed by atoms with Gasteiger partial charge >= 0.3 is 0 Å². The Labute approximate surface area is 169 Å². The van der Waals surface area contributed by atoms with Crippen molar-refractivity contribution in [2.75, 3.05) is 0 Å². The van der Waals surface area contributed by atoms with Gasteiger partial charge in [0.1, 0.15) is 0 Å². The maximum absolute atomic E-state index is 11.1. The fourth-order valence-corrected chi connectivity index (χ4v) is 4.57. The smallest absolute Gasteiger partial charge is 0.267 e. The van der Waals surface area contributed by atoms with Crippen LogP contribution in [0.3, 0.4) is 0 Å². The molecule has 0 aromatic rings. The lowest BCUT2D eigenvalue weighted by Crippen LogP contribution is -2.19. The molecule has 0 spiro atoms. The van der Waals surface area contributed by atoms with Crippen LogP contribution in [-0.4, -0.2) is 29.4 Å². The lowest BCUT2D eigenvalue weighted by atomic mass is 10.0. The third-order valence-electron chi connectivity index (χ3n) is 5.58. The van der Waals surface area contributed by atoms with Crippen molar-refractivity contribution in [3.8, 4) is 0 Å². The van der Waals surface area contributed by atoms with E-state index in [1.165, 1.54) is 44.9 Å². The van der Waals surface area contributed by atoms with Gasteiger partial charge in [0.05, 0.1) is 11.4 Å². The van der Waals surface area contributed by atoms with Gasteiger partial charge in [-0.25, -0.2) is 0 Å². The highest BCUT2D eigenvalue weighted by atomic mass is 32.2. The Hall–Kier alpha value is -0.130. The molecule has 0 aliphatic carbocycles. The third kappa shape index (κ3) is 17.7. The van der Waals surface area contributed by atoms with E-state index in [0.717, 1.165) is 57.8 Å². The standard InChI is InChI=1S/C22H46O4S/c1-3-5-6-7-8-9-12-15-18-21(23)19-16-13-10-11-14-17-20-22(4-2)27(24,25)26/h21-23H,3-20H2,1-2H3,(H,24,25,26). The first-order valence-electron chi connectivity index (χ1n) is 11.6. The molecule has 2 N–H and O–H groups in total. The fraction of sp³-hybridized carbons (Fsp3) is 1.00. The predicted octanol–water partition coefficient (Wildman–Crippen LogP) is 6.67. The van der Waals surface area contributed by atoms with Crippen LogP contribution in [-0.2, 0) is 10.1 Å². The number of hydrogen-bond acceptors (Lipinski definition) is 3. The van der Waals surface area contributed by atoms with Crippen LogP contribution >= 0.6 is 0 Å². The van der Waals surface area contributed by atoms with Gasteiger partial charge in [0.15, 0.2) is 0 Å². The van der Waals surface area contributed by atoms with Crippen molar-refractivity contribution in [3.05, 3.63) is 0 Å². The SMILES string of the molecule is CCCCCCCCCCC(O)CCCCCCCCC(CC)S(=O)(=O)O. The normalized spacial score (nSPS) is 14.4. The fourth-order valence-electron chi connectivity index (χ4n) is 3.68. The molecule has 0 aromatic heterocycles. The molecule has 27 heavy (non-hydrogen) atoms. The Morgan fingerprint density at radius 3 is 1.37 bits per heavy atom. The topological polar surface area (TPSA) is 74.6 Å². The second-order valence-electron chi connectivity index (χ2n) is 8.16. The molecule has 0 aliphatic rings. The van der Waals surface area contributed by atoms with E-state index in [9.17, 15) is 13.5 Å². The third-order valence-corrected chi connectivity index (χ3v) is 6.99. The summed E-state index contributed by atoms with van der Waals surface area (Å²) in [6.07, 6.45) is 19.6. The molecule has 2 unspecified atom stereocenters. The first-order valence-corrected chi connectivity index (χ1v) is 13.1. The maximum atomic E-state index is 11.1. The van der Waals surface area contributed by atoms with Crippen molar-refractivity contribution in [3.63, 3.8) is 0 Å². The van der Waals surface area contributed by atoms with Gasteiger partial charge in [-0.05, 0) is 25.7 Å². The monoisotopic (exact) mass is 406 g/mol. The van der Waals surface area contributed by atoms with E-state index in [-0.39, 0.29) is 6.10 Å². The number of unbranched alkanes of at least 4 members (excludes halogenated alkanes) is 12. The van der Waals surface area contributed by atoms with E-state index in [1.807, 2.05) is 0 Å². The minimum atomic E-state index is -3.87. The van der Waals surface area contributed by atoms with E-state index in [0.29, 0.717) is 12.8 Å². The van der Waals surface area contributed by atoms with Gasteiger partial charge in [0, 0.05) is 0 Å². The number of rotatable bonds is 20. The molecule has 5 heteroatoms. The first-order chi connectivity index (χ1) is 12.9. The highest BCUT2D eigenvalue weighted by Crippen LogP contribution is 2.17. The summed E-state index contributed by atoms with van der Waals surface area (Å²) in [6, 6.07) is 0. The van der Waals surface area contributed by atoms with E-state index in [4.69, 9.17) is 4.55 Å². The molecule has 0 amide bonds. The summed E-state index contributed by atoms with van der Waals surface area (Å²) in [5.41, 5.74) is 0. The van der Waals surface area contributed by atoms with E-state index < -0.39 is 15.4 Å². The van der Waals surface area contributed by atoms with E-state index >= 15 is 0 Å². The van der Waals surface area contributed by atoms with Gasteiger partial charge in [0.2, 0.25) is 0 Å². The minimum absolute atomic E-state index is 0.134. The summed E-state index contributed by atoms with van der Waals surface area (Å²) < 4.78 is 31.3. The predicted molar refractivity (Wildman–Crippen MR) is 116 cm³/mol. The second-order valence-corrected chi connectivity index (χ2v) is 9.86. The molecule has 0 saturated heterocycles. The molecule has 0 aliphatic heterocycles. The Kier molecular flexibility index (Phi) is 17.8. The molecule has 0 rings (SSSR count). The van der Waals surface area contributed by atoms with Gasteiger partial charge in [-0.1, -0.05) is 104 Å². The Morgan fingerprint density at radius 2 is 1.00 bits per heavy atom. The van der Waals surface area contributed by atoms with Crippen LogP contribution in [0.4, 0.5) is 0 Å². The molecule has 0 saturated carbocycles. The zero-order valence-electron chi connectivity index (χ0n) is 18.0. The van der Waals surface area contributed by atoms with Crippen molar-refractivity contribution < 1.29 is 18.1 Å². The van der Waals surface area contributed by atoms with Crippen molar-refractivity contribution in [2.45, 2.75) is 141 Å².